The van der Waals surface area contributed by atoms with Crippen LogP contribution in [0.4, 0.5) is 4.39 Å². The van der Waals surface area contributed by atoms with E-state index in [9.17, 15) is 9.18 Å². The third kappa shape index (κ3) is 6.26. The minimum absolute atomic E-state index is 0.0727. The van der Waals surface area contributed by atoms with Gasteiger partial charge < -0.3 is 15.8 Å². The van der Waals surface area contributed by atoms with Crippen molar-refractivity contribution in [1.29, 1.82) is 0 Å². The van der Waals surface area contributed by atoms with Gasteiger partial charge in [-0.15, -0.1) is 0 Å². The number of pyridine rings is 1. The van der Waals surface area contributed by atoms with Gasteiger partial charge >= 0.3 is 0 Å². The molecule has 0 saturated heterocycles. The molecule has 144 valence electrons. The van der Waals surface area contributed by atoms with E-state index in [1.165, 1.54) is 24.2 Å². The van der Waals surface area contributed by atoms with Crippen molar-refractivity contribution in [1.82, 2.24) is 15.0 Å². The summed E-state index contributed by atoms with van der Waals surface area (Å²) < 4.78 is 22.4. The molecule has 6 nitrogen and oxygen atoms in total. The number of ether oxygens (including phenoxy) is 1. The molecule has 0 fully saturated rings. The number of rotatable bonds is 9. The fraction of sp³-hybridized carbons (Fsp3) is 0.263. The first-order valence-corrected chi connectivity index (χ1v) is 9.58. The molecule has 0 radical (unpaired) electrons. The Labute approximate surface area is 162 Å². The lowest BCUT2D eigenvalue weighted by Crippen LogP contribution is -2.31. The maximum absolute atomic E-state index is 13.7. The second-order valence-corrected chi connectivity index (χ2v) is 6.37. The number of halogens is 1. The molecule has 1 amide bonds. The Hall–Kier alpha value is -2.58. The monoisotopic (exact) mass is 390 g/mol. The summed E-state index contributed by atoms with van der Waals surface area (Å²) in [5.41, 5.74) is 7.39. The van der Waals surface area contributed by atoms with E-state index in [0.29, 0.717) is 35.8 Å². The average molecular weight is 390 g/mol. The van der Waals surface area contributed by atoms with Gasteiger partial charge in [0.25, 0.3) is 5.91 Å². The van der Waals surface area contributed by atoms with Crippen molar-refractivity contribution >= 4 is 23.4 Å². The number of carbonyl (C=O) groups is 1. The minimum atomic E-state index is -0.330. The Kier molecular flexibility index (Phi) is 8.09. The number of carbonyl (C=O) groups excluding carboxylic acids is 1. The van der Waals surface area contributed by atoms with Crippen molar-refractivity contribution < 1.29 is 13.9 Å². The standard InChI is InChI=1S/C19H23FN4O2S/c1-13(21)18(19(25)23-9-10-24-27-2)17-11-15(7-8-22-17)26-12-14-5-3-4-6-16(14)20/h3-8,11,24H,9-10,12,21H2,1-2H3,(H,23,25)/b18-13+. The molecule has 2 rings (SSSR count). The highest BCUT2D eigenvalue weighted by atomic mass is 32.2. The third-order valence-corrected chi connectivity index (χ3v) is 4.11. The smallest absolute Gasteiger partial charge is 0.255 e. The zero-order valence-corrected chi connectivity index (χ0v) is 16.1. The molecule has 8 heteroatoms. The van der Waals surface area contributed by atoms with E-state index in [-0.39, 0.29) is 23.9 Å². The van der Waals surface area contributed by atoms with Gasteiger partial charge in [-0.2, -0.15) is 0 Å². The van der Waals surface area contributed by atoms with E-state index < -0.39 is 0 Å². The van der Waals surface area contributed by atoms with Gasteiger partial charge in [0.05, 0.1) is 11.3 Å². The molecule has 27 heavy (non-hydrogen) atoms. The normalized spacial score (nSPS) is 11.7. The lowest BCUT2D eigenvalue weighted by molar-refractivity contribution is -0.115. The number of nitrogens with zero attached hydrogens (tertiary/aromatic N) is 1. The predicted molar refractivity (Wildman–Crippen MR) is 106 cm³/mol. The zero-order chi connectivity index (χ0) is 19.6. The first-order valence-electron chi connectivity index (χ1n) is 8.36. The number of nitrogens with one attached hydrogen (secondary N) is 2. The van der Waals surface area contributed by atoms with Crippen molar-refractivity contribution in [3.05, 3.63) is 65.4 Å². The summed E-state index contributed by atoms with van der Waals surface area (Å²) in [7, 11) is 0. The lowest BCUT2D eigenvalue weighted by Gasteiger charge is -2.12. The second kappa shape index (κ2) is 10.5. The van der Waals surface area contributed by atoms with Gasteiger partial charge in [-0.05, 0) is 25.3 Å². The SMILES string of the molecule is CSNCCNC(=O)/C(=C(\C)N)c1cc(OCc2ccccc2F)ccn1. The molecular formula is C19H23FN4O2S. The zero-order valence-electron chi connectivity index (χ0n) is 15.3. The highest BCUT2D eigenvalue weighted by Gasteiger charge is 2.16. The van der Waals surface area contributed by atoms with Crippen LogP contribution in [0.15, 0.2) is 48.3 Å². The molecule has 0 aliphatic carbocycles. The van der Waals surface area contributed by atoms with E-state index >= 15 is 0 Å². The fourth-order valence-corrected chi connectivity index (χ4v) is 2.64. The number of allylic oxidation sites excluding steroid dienone is 1. The quantitative estimate of drug-likeness (QED) is 0.346. The Morgan fingerprint density at radius 2 is 2.07 bits per heavy atom. The number of hydrogen-bond donors (Lipinski definition) is 3. The minimum Gasteiger partial charge on any atom is -0.489 e. The maximum Gasteiger partial charge on any atom is 0.255 e. The van der Waals surface area contributed by atoms with Gasteiger partial charge in [0.15, 0.2) is 0 Å². The molecule has 1 heterocycles. The topological polar surface area (TPSA) is 89.3 Å². The molecule has 0 bridgehead atoms. The molecule has 0 spiro atoms. The largest absolute Gasteiger partial charge is 0.489 e. The maximum atomic E-state index is 13.7. The molecule has 4 N–H and O–H groups in total. The molecule has 2 aromatic rings. The van der Waals surface area contributed by atoms with Gasteiger partial charge in [0.2, 0.25) is 0 Å². The number of nitrogens with two attached hydrogens (primary N) is 1. The molecule has 0 saturated carbocycles. The molecule has 0 unspecified atom stereocenters. The molecule has 0 atom stereocenters. The van der Waals surface area contributed by atoms with E-state index in [0.717, 1.165) is 0 Å². The van der Waals surface area contributed by atoms with Crippen molar-refractivity contribution in [3.8, 4) is 5.75 Å². The van der Waals surface area contributed by atoms with Crippen LogP contribution >= 0.6 is 11.9 Å². The highest BCUT2D eigenvalue weighted by Crippen LogP contribution is 2.21. The molecule has 1 aromatic heterocycles. The van der Waals surface area contributed by atoms with Gasteiger partial charge in [0, 0.05) is 36.6 Å². The summed E-state index contributed by atoms with van der Waals surface area (Å²) in [4.78, 5) is 16.7. The fourth-order valence-electron chi connectivity index (χ4n) is 2.33. The van der Waals surface area contributed by atoms with Crippen LogP contribution in [0.1, 0.15) is 18.2 Å². The number of aromatic nitrogens is 1. The molecule has 1 aromatic carbocycles. The van der Waals surface area contributed by atoms with E-state index in [1.807, 2.05) is 6.26 Å². The van der Waals surface area contributed by atoms with Crippen molar-refractivity contribution in [2.75, 3.05) is 19.3 Å². The van der Waals surface area contributed by atoms with E-state index in [1.54, 1.807) is 37.3 Å². The number of amides is 1. The second-order valence-electron chi connectivity index (χ2n) is 5.67. The van der Waals surface area contributed by atoms with Crippen LogP contribution in [0.25, 0.3) is 5.57 Å². The highest BCUT2D eigenvalue weighted by molar-refractivity contribution is 7.96. The lowest BCUT2D eigenvalue weighted by atomic mass is 10.1. The average Bonchev–Trinajstić information content (AvgIpc) is 2.65. The van der Waals surface area contributed by atoms with E-state index in [2.05, 4.69) is 15.0 Å². The summed E-state index contributed by atoms with van der Waals surface area (Å²) in [6, 6.07) is 9.67. The van der Waals surface area contributed by atoms with Crippen LogP contribution < -0.4 is 20.5 Å². The molecular weight excluding hydrogens is 367 g/mol. The number of benzene rings is 1. The van der Waals surface area contributed by atoms with Gasteiger partial charge in [-0.1, -0.05) is 30.1 Å². The predicted octanol–water partition coefficient (Wildman–Crippen LogP) is 2.47. The Balaban J connectivity index is 2.10. The summed E-state index contributed by atoms with van der Waals surface area (Å²) in [5.74, 6) is -0.168. The van der Waals surface area contributed by atoms with Crippen LogP contribution in [0, 0.1) is 5.82 Å². The van der Waals surface area contributed by atoms with Crippen molar-refractivity contribution in [2.45, 2.75) is 13.5 Å². The Morgan fingerprint density at radius 3 is 2.78 bits per heavy atom. The first kappa shape index (κ1) is 20.7. The summed E-state index contributed by atoms with van der Waals surface area (Å²) in [6.45, 7) is 2.80. The van der Waals surface area contributed by atoms with Crippen LogP contribution in [0.5, 0.6) is 5.75 Å². The van der Waals surface area contributed by atoms with Crippen LogP contribution in [0.2, 0.25) is 0 Å². The summed E-state index contributed by atoms with van der Waals surface area (Å²) >= 11 is 1.48. The van der Waals surface area contributed by atoms with Crippen LogP contribution in [-0.2, 0) is 11.4 Å². The Bertz CT molecular complexity index is 810. The summed E-state index contributed by atoms with van der Waals surface area (Å²) in [6.07, 6.45) is 3.44. The van der Waals surface area contributed by atoms with Crippen molar-refractivity contribution in [3.63, 3.8) is 0 Å². The van der Waals surface area contributed by atoms with Crippen molar-refractivity contribution in [2.24, 2.45) is 5.73 Å². The molecule has 0 aliphatic heterocycles. The number of hydrogen-bond acceptors (Lipinski definition) is 6. The van der Waals surface area contributed by atoms with E-state index in [4.69, 9.17) is 10.5 Å². The molecule has 0 aliphatic rings. The van der Waals surface area contributed by atoms with Gasteiger partial charge in [-0.25, -0.2) is 4.39 Å². The van der Waals surface area contributed by atoms with Gasteiger partial charge in [0.1, 0.15) is 18.2 Å². The summed E-state index contributed by atoms with van der Waals surface area (Å²) in [5, 5.41) is 2.80. The van der Waals surface area contributed by atoms with Crippen LogP contribution in [-0.4, -0.2) is 30.2 Å². The van der Waals surface area contributed by atoms with Gasteiger partial charge in [-0.3, -0.25) is 14.5 Å². The third-order valence-electron chi connectivity index (χ3n) is 3.62. The first-order chi connectivity index (χ1) is 13.0. The van der Waals surface area contributed by atoms with Crippen LogP contribution in [0.3, 0.4) is 0 Å². The Morgan fingerprint density at radius 1 is 1.30 bits per heavy atom.